The molecule has 2 aromatic heterocycles. The molecule has 2 aromatic rings. The summed E-state index contributed by atoms with van der Waals surface area (Å²) in [5, 5.41) is 8.54. The Labute approximate surface area is 116 Å². The van der Waals surface area contributed by atoms with E-state index in [2.05, 4.69) is 55.6 Å². The van der Waals surface area contributed by atoms with Crippen LogP contribution in [0.1, 0.15) is 18.1 Å². The van der Waals surface area contributed by atoms with E-state index in [1.807, 2.05) is 28.8 Å². The maximum absolute atomic E-state index is 4.31. The zero-order valence-corrected chi connectivity index (χ0v) is 12.9. The first kappa shape index (κ1) is 12.1. The van der Waals surface area contributed by atoms with E-state index in [1.54, 1.807) is 0 Å². The van der Waals surface area contributed by atoms with Gasteiger partial charge in [0.05, 0.1) is 12.4 Å². The van der Waals surface area contributed by atoms with E-state index in [0.717, 1.165) is 17.6 Å². The third-order valence-electron chi connectivity index (χ3n) is 2.46. The van der Waals surface area contributed by atoms with Crippen molar-refractivity contribution in [2.24, 2.45) is 7.05 Å². The minimum atomic E-state index is 0.868. The maximum atomic E-state index is 4.31. The third kappa shape index (κ3) is 2.17. The maximum Gasteiger partial charge on any atom is 0.107 e. The molecule has 2 heterocycles. The molecule has 0 aromatic carbocycles. The van der Waals surface area contributed by atoms with Gasteiger partial charge in [-0.05, 0) is 45.4 Å². The van der Waals surface area contributed by atoms with Gasteiger partial charge in [0.2, 0.25) is 0 Å². The van der Waals surface area contributed by atoms with Gasteiger partial charge in [0.25, 0.3) is 0 Å². The molecule has 0 bridgehead atoms. The fraction of sp³-hybridized carbons (Fsp3) is 0.400. The van der Waals surface area contributed by atoms with Crippen LogP contribution in [-0.2, 0) is 20.0 Å². The molecule has 0 saturated heterocycles. The molecule has 4 nitrogen and oxygen atoms in total. The summed E-state index contributed by atoms with van der Waals surface area (Å²) in [5.74, 6) is 0. The highest BCUT2D eigenvalue weighted by molar-refractivity contribution is 14.1. The monoisotopic (exact) mass is 394 g/mol. The standard InChI is InChI=1S/C10H12BrIN4/c1-3-16-9(11)7(5-14-16)4-8-6-13-15(2)10(8)12/h5-6H,3-4H2,1-2H3. The Balaban J connectivity index is 2.27. The second-order valence-corrected chi connectivity index (χ2v) is 5.31. The summed E-state index contributed by atoms with van der Waals surface area (Å²) in [6.45, 7) is 2.96. The van der Waals surface area contributed by atoms with E-state index >= 15 is 0 Å². The normalized spacial score (nSPS) is 11.0. The lowest BCUT2D eigenvalue weighted by Gasteiger charge is -2.00. The van der Waals surface area contributed by atoms with Gasteiger partial charge in [0, 0.05) is 31.1 Å². The first-order chi connectivity index (χ1) is 7.63. The van der Waals surface area contributed by atoms with Gasteiger partial charge in [-0.3, -0.25) is 9.36 Å². The molecular formula is C10H12BrIN4. The van der Waals surface area contributed by atoms with Crippen LogP contribution in [0.25, 0.3) is 0 Å². The van der Waals surface area contributed by atoms with E-state index in [1.165, 1.54) is 14.8 Å². The van der Waals surface area contributed by atoms with Crippen LogP contribution in [0.15, 0.2) is 17.0 Å². The van der Waals surface area contributed by atoms with Crippen LogP contribution < -0.4 is 0 Å². The summed E-state index contributed by atoms with van der Waals surface area (Å²) in [5.41, 5.74) is 2.44. The van der Waals surface area contributed by atoms with Crippen molar-refractivity contribution >= 4 is 38.5 Å². The van der Waals surface area contributed by atoms with Crippen molar-refractivity contribution in [2.75, 3.05) is 0 Å². The molecule has 86 valence electrons. The topological polar surface area (TPSA) is 35.6 Å². The molecule has 0 N–H and O–H groups in total. The molecule has 2 rings (SSSR count). The van der Waals surface area contributed by atoms with Gasteiger partial charge in [0.15, 0.2) is 0 Å². The Hall–Kier alpha value is -0.370. The molecule has 0 saturated carbocycles. The molecule has 0 radical (unpaired) electrons. The van der Waals surface area contributed by atoms with Gasteiger partial charge in [0.1, 0.15) is 8.30 Å². The highest BCUT2D eigenvalue weighted by Gasteiger charge is 2.11. The largest absolute Gasteiger partial charge is 0.262 e. The molecule has 0 spiro atoms. The zero-order chi connectivity index (χ0) is 11.7. The summed E-state index contributed by atoms with van der Waals surface area (Å²) >= 11 is 5.88. The van der Waals surface area contributed by atoms with Crippen molar-refractivity contribution in [1.82, 2.24) is 19.6 Å². The number of nitrogens with zero attached hydrogens (tertiary/aromatic N) is 4. The molecule has 0 unspecified atom stereocenters. The van der Waals surface area contributed by atoms with Gasteiger partial charge in [-0.2, -0.15) is 10.2 Å². The van der Waals surface area contributed by atoms with Crippen LogP contribution in [0.3, 0.4) is 0 Å². The van der Waals surface area contributed by atoms with E-state index < -0.39 is 0 Å². The highest BCUT2D eigenvalue weighted by Crippen LogP contribution is 2.22. The Bertz CT molecular complexity index is 503. The lowest BCUT2D eigenvalue weighted by atomic mass is 10.2. The number of aryl methyl sites for hydroxylation is 2. The number of rotatable bonds is 3. The second kappa shape index (κ2) is 4.87. The molecule has 6 heteroatoms. The Morgan fingerprint density at radius 1 is 1.31 bits per heavy atom. The number of hydrogen-bond donors (Lipinski definition) is 0. The molecule has 0 amide bonds. The van der Waals surface area contributed by atoms with Crippen molar-refractivity contribution in [3.05, 3.63) is 31.8 Å². The fourth-order valence-electron chi connectivity index (χ4n) is 1.54. The van der Waals surface area contributed by atoms with E-state index in [9.17, 15) is 0 Å². The summed E-state index contributed by atoms with van der Waals surface area (Å²) in [6, 6.07) is 0. The van der Waals surface area contributed by atoms with Crippen molar-refractivity contribution in [2.45, 2.75) is 19.9 Å². The van der Waals surface area contributed by atoms with E-state index in [4.69, 9.17) is 0 Å². The minimum Gasteiger partial charge on any atom is -0.262 e. The van der Waals surface area contributed by atoms with E-state index in [-0.39, 0.29) is 0 Å². The summed E-state index contributed by atoms with van der Waals surface area (Å²) in [7, 11) is 1.95. The Morgan fingerprint density at radius 2 is 2.00 bits per heavy atom. The van der Waals surface area contributed by atoms with Crippen molar-refractivity contribution < 1.29 is 0 Å². The molecule has 16 heavy (non-hydrogen) atoms. The predicted octanol–water partition coefficient (Wildman–Crippen LogP) is 2.59. The van der Waals surface area contributed by atoms with Gasteiger partial charge in [-0.15, -0.1) is 0 Å². The lowest BCUT2D eigenvalue weighted by Crippen LogP contribution is -1.97. The smallest absolute Gasteiger partial charge is 0.107 e. The lowest BCUT2D eigenvalue weighted by molar-refractivity contribution is 0.644. The first-order valence-corrected chi connectivity index (χ1v) is 6.87. The van der Waals surface area contributed by atoms with Crippen LogP contribution in [0.2, 0.25) is 0 Å². The molecular weight excluding hydrogens is 383 g/mol. The Kier molecular flexibility index (Phi) is 3.68. The average molecular weight is 395 g/mol. The van der Waals surface area contributed by atoms with Crippen LogP contribution in [0, 0.1) is 3.70 Å². The molecule has 0 fully saturated rings. The van der Waals surface area contributed by atoms with Crippen molar-refractivity contribution in [3.8, 4) is 0 Å². The average Bonchev–Trinajstić information content (AvgIpc) is 2.77. The van der Waals surface area contributed by atoms with Crippen LogP contribution >= 0.6 is 38.5 Å². The summed E-state index contributed by atoms with van der Waals surface area (Å²) in [6.07, 6.45) is 4.70. The quantitative estimate of drug-likeness (QED) is 0.750. The fourth-order valence-corrected chi connectivity index (χ4v) is 2.58. The molecule has 0 atom stereocenters. The van der Waals surface area contributed by atoms with Crippen LogP contribution in [0.4, 0.5) is 0 Å². The van der Waals surface area contributed by atoms with Crippen LogP contribution in [0.5, 0.6) is 0 Å². The zero-order valence-electron chi connectivity index (χ0n) is 9.11. The van der Waals surface area contributed by atoms with Crippen molar-refractivity contribution in [3.63, 3.8) is 0 Å². The number of hydrogen-bond acceptors (Lipinski definition) is 2. The van der Waals surface area contributed by atoms with Gasteiger partial charge < -0.3 is 0 Å². The summed E-state index contributed by atoms with van der Waals surface area (Å²) < 4.78 is 6.07. The minimum absolute atomic E-state index is 0.868. The van der Waals surface area contributed by atoms with Crippen molar-refractivity contribution in [1.29, 1.82) is 0 Å². The van der Waals surface area contributed by atoms with Gasteiger partial charge in [-0.25, -0.2) is 0 Å². The SMILES string of the molecule is CCn1ncc(Cc2cnn(C)c2I)c1Br. The predicted molar refractivity (Wildman–Crippen MR) is 74.3 cm³/mol. The summed E-state index contributed by atoms with van der Waals surface area (Å²) in [4.78, 5) is 0. The first-order valence-electron chi connectivity index (χ1n) is 5.00. The number of halogens is 2. The highest BCUT2D eigenvalue weighted by atomic mass is 127. The molecule has 0 aliphatic rings. The van der Waals surface area contributed by atoms with Gasteiger partial charge in [-0.1, -0.05) is 0 Å². The van der Waals surface area contributed by atoms with Gasteiger partial charge >= 0.3 is 0 Å². The molecule has 0 aliphatic carbocycles. The van der Waals surface area contributed by atoms with E-state index in [0.29, 0.717) is 0 Å². The second-order valence-electron chi connectivity index (χ2n) is 3.54. The Morgan fingerprint density at radius 3 is 2.50 bits per heavy atom. The third-order valence-corrected chi connectivity index (χ3v) is 4.77. The van der Waals surface area contributed by atoms with Crippen LogP contribution in [-0.4, -0.2) is 19.6 Å². The molecule has 0 aliphatic heterocycles. The number of aromatic nitrogens is 4.